The average molecular weight is 488 g/mol. The zero-order valence-electron chi connectivity index (χ0n) is 20.6. The van der Waals surface area contributed by atoms with Gasteiger partial charge in [-0.25, -0.2) is 4.99 Å². The van der Waals surface area contributed by atoms with Gasteiger partial charge in [0.15, 0.2) is 0 Å². The number of nitrogens with two attached hydrogens (primary N) is 1. The van der Waals surface area contributed by atoms with E-state index in [0.29, 0.717) is 31.4 Å². The molecule has 8 heteroatoms. The number of hydrogen-bond donors (Lipinski definition) is 3. The average Bonchev–Trinajstić information content (AvgIpc) is 3.55. The molecule has 0 unspecified atom stereocenters. The summed E-state index contributed by atoms with van der Waals surface area (Å²) in [6, 6.07) is 17.2. The third-order valence-electron chi connectivity index (χ3n) is 7.85. The van der Waals surface area contributed by atoms with Crippen molar-refractivity contribution in [1.82, 2.24) is 10.6 Å². The van der Waals surface area contributed by atoms with Crippen LogP contribution < -0.4 is 21.3 Å². The van der Waals surface area contributed by atoms with Crippen LogP contribution in [0.3, 0.4) is 0 Å². The lowest BCUT2D eigenvalue weighted by Crippen LogP contribution is -2.65. The van der Waals surface area contributed by atoms with Crippen LogP contribution in [-0.2, 0) is 14.4 Å². The van der Waals surface area contributed by atoms with Gasteiger partial charge in [0, 0.05) is 18.2 Å². The predicted octanol–water partition coefficient (Wildman–Crippen LogP) is 2.64. The molecular formula is C28H33N5O3. The molecule has 188 valence electrons. The van der Waals surface area contributed by atoms with Crippen LogP contribution in [0.4, 0.5) is 5.69 Å². The van der Waals surface area contributed by atoms with Gasteiger partial charge in [-0.15, -0.1) is 0 Å². The number of amides is 3. The number of carbonyl (C=O) groups excluding carboxylic acids is 3. The molecule has 36 heavy (non-hydrogen) atoms. The van der Waals surface area contributed by atoms with Crippen molar-refractivity contribution in [2.75, 3.05) is 11.9 Å². The van der Waals surface area contributed by atoms with E-state index in [9.17, 15) is 14.4 Å². The van der Waals surface area contributed by atoms with E-state index in [0.717, 1.165) is 42.5 Å². The highest BCUT2D eigenvalue weighted by molar-refractivity contribution is 6.20. The molecule has 1 aliphatic heterocycles. The highest BCUT2D eigenvalue weighted by Gasteiger charge is 2.48. The first-order valence-corrected chi connectivity index (χ1v) is 12.8. The molecule has 5 rings (SSSR count). The van der Waals surface area contributed by atoms with Crippen LogP contribution in [0.25, 0.3) is 0 Å². The van der Waals surface area contributed by atoms with E-state index in [-0.39, 0.29) is 17.7 Å². The van der Waals surface area contributed by atoms with Crippen molar-refractivity contribution in [2.24, 2.45) is 10.7 Å². The van der Waals surface area contributed by atoms with Gasteiger partial charge in [-0.2, -0.15) is 0 Å². The Hall–Kier alpha value is -3.52. The number of nitrogens with one attached hydrogen (secondary N) is 2. The zero-order valence-corrected chi connectivity index (χ0v) is 20.6. The van der Waals surface area contributed by atoms with Crippen molar-refractivity contribution in [1.29, 1.82) is 0 Å². The summed E-state index contributed by atoms with van der Waals surface area (Å²) < 4.78 is 0. The predicted molar refractivity (Wildman–Crippen MR) is 139 cm³/mol. The number of para-hydroxylation sites is 1. The highest BCUT2D eigenvalue weighted by atomic mass is 16.2. The molecule has 4 N–H and O–H groups in total. The monoisotopic (exact) mass is 487 g/mol. The minimum Gasteiger partial charge on any atom is -0.340 e. The van der Waals surface area contributed by atoms with E-state index in [1.165, 1.54) is 4.90 Å². The number of benzodiazepines with no additional fused rings is 1. The molecule has 3 amide bonds. The molecule has 8 nitrogen and oxygen atoms in total. The summed E-state index contributed by atoms with van der Waals surface area (Å²) in [6.07, 6.45) is 4.56. The number of fused-ring (bicyclic) bond motifs is 1. The summed E-state index contributed by atoms with van der Waals surface area (Å²) in [5, 5.41) is 5.91. The fraction of sp³-hybridized carbons (Fsp3) is 0.429. The normalized spacial score (nSPS) is 22.4. The maximum Gasteiger partial charge on any atom is 0.272 e. The Labute approximate surface area is 211 Å². The van der Waals surface area contributed by atoms with Crippen LogP contribution in [-0.4, -0.2) is 47.7 Å². The molecule has 2 saturated carbocycles. The molecule has 0 radical (unpaired) electrons. The Kier molecular flexibility index (Phi) is 6.38. The molecule has 0 bridgehead atoms. The zero-order chi connectivity index (χ0) is 25.3. The Bertz CT molecular complexity index is 1200. The lowest BCUT2D eigenvalue weighted by molar-refractivity contribution is -0.137. The van der Waals surface area contributed by atoms with Crippen LogP contribution in [0.15, 0.2) is 59.6 Å². The van der Waals surface area contributed by atoms with Gasteiger partial charge in [0.05, 0.1) is 16.9 Å². The second-order valence-corrected chi connectivity index (χ2v) is 10.2. The van der Waals surface area contributed by atoms with E-state index in [1.54, 1.807) is 7.05 Å². The Balaban J connectivity index is 1.47. The summed E-state index contributed by atoms with van der Waals surface area (Å²) in [5.74, 6) is -1.00. The second-order valence-electron chi connectivity index (χ2n) is 10.2. The molecule has 2 fully saturated rings. The smallest absolute Gasteiger partial charge is 0.272 e. The molecular weight excluding hydrogens is 454 g/mol. The van der Waals surface area contributed by atoms with Gasteiger partial charge in [-0.05, 0) is 31.7 Å². The van der Waals surface area contributed by atoms with Crippen LogP contribution in [0.1, 0.15) is 62.5 Å². The Morgan fingerprint density at radius 3 is 2.22 bits per heavy atom. The van der Waals surface area contributed by atoms with Crippen molar-refractivity contribution in [3.05, 3.63) is 65.7 Å². The number of anilines is 1. The molecule has 0 saturated heterocycles. The third-order valence-corrected chi connectivity index (χ3v) is 7.85. The first kappa shape index (κ1) is 24.2. The Morgan fingerprint density at radius 2 is 1.53 bits per heavy atom. The number of aliphatic imine (C=N–C) groups is 1. The molecule has 0 aromatic heterocycles. The quantitative estimate of drug-likeness (QED) is 0.601. The van der Waals surface area contributed by atoms with E-state index in [1.807, 2.05) is 54.6 Å². The fourth-order valence-electron chi connectivity index (χ4n) is 5.67. The van der Waals surface area contributed by atoms with E-state index >= 15 is 0 Å². The first-order chi connectivity index (χ1) is 17.3. The number of rotatable bonds is 5. The van der Waals surface area contributed by atoms with Gasteiger partial charge < -0.3 is 21.3 Å². The van der Waals surface area contributed by atoms with E-state index in [4.69, 9.17) is 10.7 Å². The lowest BCUT2D eigenvalue weighted by atomic mass is 9.91. The first-order valence-electron chi connectivity index (χ1n) is 12.8. The largest absolute Gasteiger partial charge is 0.340 e. The summed E-state index contributed by atoms with van der Waals surface area (Å²) in [4.78, 5) is 46.8. The van der Waals surface area contributed by atoms with Crippen molar-refractivity contribution < 1.29 is 14.4 Å². The highest BCUT2D eigenvalue weighted by Crippen LogP contribution is 2.34. The fourth-order valence-corrected chi connectivity index (χ4v) is 5.67. The Morgan fingerprint density at radius 1 is 0.917 bits per heavy atom. The summed E-state index contributed by atoms with van der Waals surface area (Å²) >= 11 is 0. The van der Waals surface area contributed by atoms with Crippen molar-refractivity contribution in [3.63, 3.8) is 0 Å². The van der Waals surface area contributed by atoms with Crippen LogP contribution in [0.5, 0.6) is 0 Å². The van der Waals surface area contributed by atoms with Crippen molar-refractivity contribution >= 4 is 29.1 Å². The number of nitrogens with zero attached hydrogens (tertiary/aromatic N) is 2. The molecule has 1 atom stereocenters. The van der Waals surface area contributed by atoms with Crippen LogP contribution in [0.2, 0.25) is 0 Å². The van der Waals surface area contributed by atoms with Crippen LogP contribution in [0, 0.1) is 0 Å². The maximum atomic E-state index is 13.8. The van der Waals surface area contributed by atoms with Gasteiger partial charge in [-0.3, -0.25) is 14.4 Å². The van der Waals surface area contributed by atoms with Gasteiger partial charge in [0.2, 0.25) is 18.0 Å². The van der Waals surface area contributed by atoms with Crippen molar-refractivity contribution in [2.45, 2.75) is 68.6 Å². The number of hydrogen-bond acceptors (Lipinski definition) is 5. The lowest BCUT2D eigenvalue weighted by Gasteiger charge is -2.34. The molecule has 1 heterocycles. The minimum atomic E-state index is -1.13. The number of carbonyl (C=O) groups is 3. The van der Waals surface area contributed by atoms with Gasteiger partial charge in [0.25, 0.3) is 5.91 Å². The molecule has 0 spiro atoms. The molecule has 2 aromatic rings. The summed E-state index contributed by atoms with van der Waals surface area (Å²) in [7, 11) is 1.69. The molecule has 2 aromatic carbocycles. The summed E-state index contributed by atoms with van der Waals surface area (Å²) in [5.41, 5.74) is 7.37. The maximum absolute atomic E-state index is 13.8. The second kappa shape index (κ2) is 9.50. The number of likely N-dealkylation sites (N-methyl/N-ethyl adjacent to an activating group) is 1. The standard InChI is InChI=1S/C28H33N5O3/c1-33-21-14-6-5-13-20(21)22(19-11-3-2-4-12-19)30-23(24(33)34)31-26(36)28(17-9-10-18-28)32-25(35)27(29)15-7-8-16-27/h2-6,11-14,23H,7-10,15-18,29H2,1H3,(H,31,36)(H,32,35)/t23-/m1/s1. The topological polar surface area (TPSA) is 117 Å². The van der Waals surface area contributed by atoms with Gasteiger partial charge in [-0.1, -0.05) is 74.2 Å². The SMILES string of the molecule is CN1C(=O)[C@@H](NC(=O)C2(NC(=O)C3(N)CCCC3)CCCC2)N=C(c2ccccc2)c2ccccc21. The third kappa shape index (κ3) is 4.30. The molecule has 3 aliphatic rings. The summed E-state index contributed by atoms with van der Waals surface area (Å²) in [6.45, 7) is 0. The van der Waals surface area contributed by atoms with Gasteiger partial charge >= 0.3 is 0 Å². The van der Waals surface area contributed by atoms with E-state index < -0.39 is 17.2 Å². The minimum absolute atomic E-state index is 0.276. The van der Waals surface area contributed by atoms with Crippen LogP contribution >= 0.6 is 0 Å². The van der Waals surface area contributed by atoms with Crippen molar-refractivity contribution in [3.8, 4) is 0 Å². The molecule has 2 aliphatic carbocycles. The van der Waals surface area contributed by atoms with E-state index in [2.05, 4.69) is 10.6 Å². The number of benzene rings is 2. The van der Waals surface area contributed by atoms with Gasteiger partial charge in [0.1, 0.15) is 5.54 Å².